The first-order chi connectivity index (χ1) is 9.75. The standard InChI is InChI=1S/C14H26N2O5/c1-14(2,3)11(12(18)19)15-13(20)16-6-4-10(5-7-16)21-9-8-17/h10-11,17H,4-9H2,1-3H3,(H,15,20)(H,18,19)/t11-/m1/s1. The number of aliphatic hydroxyl groups excluding tert-OH is 1. The first-order valence-electron chi connectivity index (χ1n) is 7.26. The number of nitrogens with one attached hydrogen (secondary N) is 1. The molecule has 0 unspecified atom stereocenters. The molecule has 0 spiro atoms. The topological polar surface area (TPSA) is 99.1 Å². The lowest BCUT2D eigenvalue weighted by atomic mass is 9.87. The lowest BCUT2D eigenvalue weighted by molar-refractivity contribution is -0.142. The van der Waals surface area contributed by atoms with Crippen LogP contribution in [-0.4, -0.2) is 65.6 Å². The van der Waals surface area contributed by atoms with Gasteiger partial charge in [-0.25, -0.2) is 9.59 Å². The van der Waals surface area contributed by atoms with Gasteiger partial charge in [0.1, 0.15) is 6.04 Å². The Bertz CT molecular complexity index is 359. The molecule has 1 rings (SSSR count). The molecule has 21 heavy (non-hydrogen) atoms. The smallest absolute Gasteiger partial charge is 0.326 e. The summed E-state index contributed by atoms with van der Waals surface area (Å²) in [5, 5.41) is 20.5. The molecule has 7 nitrogen and oxygen atoms in total. The number of piperidine rings is 1. The summed E-state index contributed by atoms with van der Waals surface area (Å²) in [6.07, 6.45) is 1.44. The predicted molar refractivity (Wildman–Crippen MR) is 77.0 cm³/mol. The molecule has 0 radical (unpaired) electrons. The SMILES string of the molecule is CC(C)(C)[C@H](NC(=O)N1CCC(OCCO)CC1)C(=O)O. The number of carboxylic acids is 1. The number of carboxylic acid groups (broad SMARTS) is 1. The fourth-order valence-corrected chi connectivity index (χ4v) is 2.31. The summed E-state index contributed by atoms with van der Waals surface area (Å²) in [6, 6.07) is -1.27. The Morgan fingerprint density at radius 3 is 2.33 bits per heavy atom. The maximum absolute atomic E-state index is 12.2. The van der Waals surface area contributed by atoms with Crippen LogP contribution < -0.4 is 5.32 Å². The van der Waals surface area contributed by atoms with Crippen molar-refractivity contribution in [2.75, 3.05) is 26.3 Å². The molecule has 1 aliphatic rings. The lowest BCUT2D eigenvalue weighted by Gasteiger charge is -2.34. The van der Waals surface area contributed by atoms with E-state index < -0.39 is 17.4 Å². The zero-order valence-corrected chi connectivity index (χ0v) is 13.0. The van der Waals surface area contributed by atoms with Crippen LogP contribution in [0, 0.1) is 5.41 Å². The van der Waals surface area contributed by atoms with E-state index in [0.29, 0.717) is 32.5 Å². The molecule has 1 atom stereocenters. The highest BCUT2D eigenvalue weighted by atomic mass is 16.5. The monoisotopic (exact) mass is 302 g/mol. The second-order valence-electron chi connectivity index (χ2n) is 6.37. The van der Waals surface area contributed by atoms with E-state index in [0.717, 1.165) is 0 Å². The maximum atomic E-state index is 12.2. The van der Waals surface area contributed by atoms with Gasteiger partial charge in [0.2, 0.25) is 0 Å². The van der Waals surface area contributed by atoms with Gasteiger partial charge in [0.15, 0.2) is 0 Å². The Balaban J connectivity index is 2.48. The minimum atomic E-state index is -1.03. The fraction of sp³-hybridized carbons (Fsp3) is 0.857. The van der Waals surface area contributed by atoms with Gasteiger partial charge in [-0.05, 0) is 18.3 Å². The molecule has 122 valence electrons. The van der Waals surface area contributed by atoms with E-state index in [1.165, 1.54) is 0 Å². The number of rotatable bonds is 5. The maximum Gasteiger partial charge on any atom is 0.326 e. The molecule has 0 aromatic heterocycles. The predicted octanol–water partition coefficient (Wildman–Crippen LogP) is 0.669. The van der Waals surface area contributed by atoms with Crippen molar-refractivity contribution >= 4 is 12.0 Å². The molecule has 0 aromatic carbocycles. The summed E-state index contributed by atoms with van der Waals surface area (Å²) in [5.74, 6) is -1.03. The van der Waals surface area contributed by atoms with Gasteiger partial charge >= 0.3 is 12.0 Å². The molecule has 1 aliphatic heterocycles. The third-order valence-electron chi connectivity index (χ3n) is 3.55. The first kappa shape index (κ1) is 17.7. The second kappa shape index (κ2) is 7.61. The number of nitrogens with zero attached hydrogens (tertiary/aromatic N) is 1. The molecule has 3 N–H and O–H groups in total. The molecular formula is C14H26N2O5. The Kier molecular flexibility index (Phi) is 6.42. The van der Waals surface area contributed by atoms with Crippen molar-refractivity contribution in [3.63, 3.8) is 0 Å². The highest BCUT2D eigenvalue weighted by molar-refractivity contribution is 5.83. The highest BCUT2D eigenvalue weighted by Gasteiger charge is 2.34. The van der Waals surface area contributed by atoms with Crippen LogP contribution in [0.5, 0.6) is 0 Å². The van der Waals surface area contributed by atoms with Gasteiger partial charge in [0, 0.05) is 13.1 Å². The fourth-order valence-electron chi connectivity index (χ4n) is 2.31. The summed E-state index contributed by atoms with van der Waals surface area (Å²) in [5.41, 5.74) is -0.552. The molecule has 0 saturated carbocycles. The number of urea groups is 1. The van der Waals surface area contributed by atoms with Crippen molar-refractivity contribution in [1.29, 1.82) is 0 Å². The molecule has 1 fully saturated rings. The number of carbonyl (C=O) groups is 2. The number of hydrogen-bond acceptors (Lipinski definition) is 4. The Hall–Kier alpha value is -1.34. The van der Waals surface area contributed by atoms with Crippen LogP contribution in [0.4, 0.5) is 4.79 Å². The number of hydrogen-bond donors (Lipinski definition) is 3. The third kappa shape index (κ3) is 5.51. The van der Waals surface area contributed by atoms with Gasteiger partial charge in [0.05, 0.1) is 19.3 Å². The van der Waals surface area contributed by atoms with Crippen molar-refractivity contribution in [2.45, 2.75) is 45.8 Å². The molecule has 1 saturated heterocycles. The average molecular weight is 302 g/mol. The van der Waals surface area contributed by atoms with E-state index >= 15 is 0 Å². The normalized spacial score (nSPS) is 18.4. The molecule has 0 bridgehead atoms. The summed E-state index contributed by atoms with van der Waals surface area (Å²) in [7, 11) is 0. The van der Waals surface area contributed by atoms with Crippen LogP contribution in [0.3, 0.4) is 0 Å². The third-order valence-corrected chi connectivity index (χ3v) is 3.55. The quantitative estimate of drug-likeness (QED) is 0.693. The molecule has 0 aliphatic carbocycles. The first-order valence-corrected chi connectivity index (χ1v) is 7.26. The number of aliphatic carboxylic acids is 1. The van der Waals surface area contributed by atoms with Crippen molar-refractivity contribution in [3.05, 3.63) is 0 Å². The molecule has 7 heteroatoms. The van der Waals surface area contributed by atoms with Crippen LogP contribution in [0.15, 0.2) is 0 Å². The van der Waals surface area contributed by atoms with Crippen molar-refractivity contribution in [1.82, 2.24) is 10.2 Å². The van der Waals surface area contributed by atoms with Crippen LogP contribution in [0.25, 0.3) is 0 Å². The number of amides is 2. The Morgan fingerprint density at radius 1 is 1.33 bits per heavy atom. The largest absolute Gasteiger partial charge is 0.480 e. The Labute approximate surface area is 125 Å². The molecule has 1 heterocycles. The number of aliphatic hydroxyl groups is 1. The van der Waals surface area contributed by atoms with E-state index in [1.807, 2.05) is 0 Å². The van der Waals surface area contributed by atoms with Crippen LogP contribution >= 0.6 is 0 Å². The van der Waals surface area contributed by atoms with Gasteiger partial charge in [-0.15, -0.1) is 0 Å². The number of ether oxygens (including phenoxy) is 1. The van der Waals surface area contributed by atoms with E-state index in [1.54, 1.807) is 25.7 Å². The molecular weight excluding hydrogens is 276 g/mol. The van der Waals surface area contributed by atoms with Crippen molar-refractivity contribution in [2.24, 2.45) is 5.41 Å². The summed E-state index contributed by atoms with van der Waals surface area (Å²) >= 11 is 0. The summed E-state index contributed by atoms with van der Waals surface area (Å²) in [6.45, 7) is 6.69. The Morgan fingerprint density at radius 2 is 1.90 bits per heavy atom. The van der Waals surface area contributed by atoms with Gasteiger partial charge in [-0.1, -0.05) is 20.8 Å². The van der Waals surface area contributed by atoms with Crippen molar-refractivity contribution < 1.29 is 24.5 Å². The summed E-state index contributed by atoms with van der Waals surface area (Å²) in [4.78, 5) is 25.0. The van der Waals surface area contributed by atoms with Crippen LogP contribution in [0.2, 0.25) is 0 Å². The van der Waals surface area contributed by atoms with Gasteiger partial charge < -0.3 is 25.2 Å². The van der Waals surface area contributed by atoms with Crippen LogP contribution in [0.1, 0.15) is 33.6 Å². The second-order valence-corrected chi connectivity index (χ2v) is 6.37. The lowest BCUT2D eigenvalue weighted by Crippen LogP contribution is -2.55. The van der Waals surface area contributed by atoms with E-state index in [4.69, 9.17) is 9.84 Å². The van der Waals surface area contributed by atoms with Crippen LogP contribution in [-0.2, 0) is 9.53 Å². The van der Waals surface area contributed by atoms with Gasteiger partial charge in [-0.2, -0.15) is 0 Å². The highest BCUT2D eigenvalue weighted by Crippen LogP contribution is 2.20. The average Bonchev–Trinajstić information content (AvgIpc) is 2.41. The van der Waals surface area contributed by atoms with E-state index in [2.05, 4.69) is 5.32 Å². The zero-order chi connectivity index (χ0) is 16.0. The van der Waals surface area contributed by atoms with E-state index in [-0.39, 0.29) is 18.7 Å². The zero-order valence-electron chi connectivity index (χ0n) is 13.0. The number of carbonyl (C=O) groups excluding carboxylic acids is 1. The molecule has 2 amide bonds. The van der Waals surface area contributed by atoms with E-state index in [9.17, 15) is 14.7 Å². The molecule has 0 aromatic rings. The van der Waals surface area contributed by atoms with Gasteiger partial charge in [0.25, 0.3) is 0 Å². The minimum Gasteiger partial charge on any atom is -0.480 e. The van der Waals surface area contributed by atoms with Crippen molar-refractivity contribution in [3.8, 4) is 0 Å². The summed E-state index contributed by atoms with van der Waals surface area (Å²) < 4.78 is 5.43. The van der Waals surface area contributed by atoms with Gasteiger partial charge in [-0.3, -0.25) is 0 Å². The minimum absolute atomic E-state index is 0.00737. The number of likely N-dealkylation sites (tertiary alicyclic amines) is 1.